The molecular weight excluding hydrogens is 160 g/mol. The molecule has 0 aromatic heterocycles. The monoisotopic (exact) mass is 176 g/mol. The van der Waals surface area contributed by atoms with E-state index in [1.807, 2.05) is 0 Å². The molecule has 2 aliphatic heterocycles. The van der Waals surface area contributed by atoms with E-state index in [-0.39, 0.29) is 12.4 Å². The summed E-state index contributed by atoms with van der Waals surface area (Å²) in [6.45, 7) is 0.898. The van der Waals surface area contributed by atoms with Crippen LogP contribution >= 0.6 is 12.4 Å². The van der Waals surface area contributed by atoms with Crippen LogP contribution in [0, 0.1) is 5.92 Å². The molecule has 0 aromatic carbocycles. The van der Waals surface area contributed by atoms with Gasteiger partial charge in [-0.15, -0.1) is 12.4 Å². The molecule has 3 heteroatoms. The maximum Gasteiger partial charge on any atom is 0.00733 e. The SMILES string of the molecule is Cl.NCC1CC2CCC(C1)N2. The fourth-order valence-electron chi connectivity index (χ4n) is 2.37. The highest BCUT2D eigenvalue weighted by Gasteiger charge is 2.32. The van der Waals surface area contributed by atoms with E-state index in [2.05, 4.69) is 5.32 Å². The third-order valence-corrected chi connectivity index (χ3v) is 2.90. The fourth-order valence-corrected chi connectivity index (χ4v) is 2.37. The summed E-state index contributed by atoms with van der Waals surface area (Å²) in [5, 5.41) is 3.60. The van der Waals surface area contributed by atoms with E-state index in [1.165, 1.54) is 25.7 Å². The molecule has 0 radical (unpaired) electrons. The molecule has 2 unspecified atom stereocenters. The zero-order valence-corrected chi connectivity index (χ0v) is 7.57. The van der Waals surface area contributed by atoms with Crippen LogP contribution < -0.4 is 11.1 Å². The first-order valence-electron chi connectivity index (χ1n) is 4.34. The van der Waals surface area contributed by atoms with Gasteiger partial charge in [-0.05, 0) is 38.1 Å². The molecule has 0 amide bonds. The van der Waals surface area contributed by atoms with Crippen molar-refractivity contribution in [3.05, 3.63) is 0 Å². The molecule has 2 nitrogen and oxygen atoms in total. The van der Waals surface area contributed by atoms with E-state index in [0.29, 0.717) is 0 Å². The van der Waals surface area contributed by atoms with Crippen LogP contribution in [-0.4, -0.2) is 18.6 Å². The van der Waals surface area contributed by atoms with Gasteiger partial charge in [0.2, 0.25) is 0 Å². The number of nitrogens with one attached hydrogen (secondary N) is 1. The lowest BCUT2D eigenvalue weighted by Gasteiger charge is -2.27. The standard InChI is InChI=1S/C8H16N2.ClH/c9-5-6-3-7-1-2-8(4-6)10-7;/h6-8,10H,1-5,9H2;1H. The van der Waals surface area contributed by atoms with Crippen molar-refractivity contribution in [1.29, 1.82) is 0 Å². The minimum absolute atomic E-state index is 0. The van der Waals surface area contributed by atoms with E-state index in [0.717, 1.165) is 24.5 Å². The largest absolute Gasteiger partial charge is 0.330 e. The Morgan fingerprint density at radius 2 is 1.73 bits per heavy atom. The van der Waals surface area contributed by atoms with E-state index >= 15 is 0 Å². The maximum absolute atomic E-state index is 5.63. The van der Waals surface area contributed by atoms with Gasteiger partial charge in [0.1, 0.15) is 0 Å². The molecule has 2 saturated heterocycles. The second-order valence-corrected chi connectivity index (χ2v) is 3.71. The quantitative estimate of drug-likeness (QED) is 0.623. The molecule has 2 atom stereocenters. The van der Waals surface area contributed by atoms with Crippen LogP contribution in [0.15, 0.2) is 0 Å². The third-order valence-electron chi connectivity index (χ3n) is 2.90. The van der Waals surface area contributed by atoms with Crippen LogP contribution in [0.4, 0.5) is 0 Å². The van der Waals surface area contributed by atoms with Gasteiger partial charge < -0.3 is 11.1 Å². The smallest absolute Gasteiger partial charge is 0.00733 e. The zero-order valence-electron chi connectivity index (χ0n) is 6.75. The number of piperidine rings is 1. The first-order chi connectivity index (χ1) is 4.88. The third kappa shape index (κ3) is 1.86. The summed E-state index contributed by atoms with van der Waals surface area (Å²) in [4.78, 5) is 0. The second-order valence-electron chi connectivity index (χ2n) is 3.71. The molecule has 2 rings (SSSR count). The van der Waals surface area contributed by atoms with Crippen molar-refractivity contribution in [2.24, 2.45) is 11.7 Å². The van der Waals surface area contributed by atoms with E-state index in [9.17, 15) is 0 Å². The van der Waals surface area contributed by atoms with Crippen LogP contribution in [-0.2, 0) is 0 Å². The summed E-state index contributed by atoms with van der Waals surface area (Å²) in [5.41, 5.74) is 5.63. The van der Waals surface area contributed by atoms with E-state index in [1.54, 1.807) is 0 Å². The summed E-state index contributed by atoms with van der Waals surface area (Å²) < 4.78 is 0. The Balaban J connectivity index is 0.000000605. The Labute approximate surface area is 74.3 Å². The summed E-state index contributed by atoms with van der Waals surface area (Å²) in [6, 6.07) is 1.62. The van der Waals surface area contributed by atoms with Crippen LogP contribution in [0.1, 0.15) is 25.7 Å². The minimum atomic E-state index is 0. The van der Waals surface area contributed by atoms with Crippen molar-refractivity contribution < 1.29 is 0 Å². The Kier molecular flexibility index (Phi) is 3.16. The summed E-state index contributed by atoms with van der Waals surface area (Å²) >= 11 is 0. The normalized spacial score (nSPS) is 41.7. The van der Waals surface area contributed by atoms with Crippen LogP contribution in [0.2, 0.25) is 0 Å². The molecule has 2 heterocycles. The molecule has 11 heavy (non-hydrogen) atoms. The Morgan fingerprint density at radius 1 is 1.18 bits per heavy atom. The van der Waals surface area contributed by atoms with Gasteiger partial charge >= 0.3 is 0 Å². The lowest BCUT2D eigenvalue weighted by atomic mass is 9.93. The average Bonchev–Trinajstić information content (AvgIpc) is 2.30. The van der Waals surface area contributed by atoms with E-state index < -0.39 is 0 Å². The first-order valence-corrected chi connectivity index (χ1v) is 4.34. The number of hydrogen-bond donors (Lipinski definition) is 2. The molecule has 2 bridgehead atoms. The van der Waals surface area contributed by atoms with Crippen molar-refractivity contribution in [2.45, 2.75) is 37.8 Å². The number of rotatable bonds is 1. The molecule has 0 saturated carbocycles. The Bertz CT molecular complexity index is 117. The maximum atomic E-state index is 5.63. The predicted molar refractivity (Wildman–Crippen MR) is 49.0 cm³/mol. The van der Waals surface area contributed by atoms with E-state index in [4.69, 9.17) is 5.73 Å². The molecule has 66 valence electrons. The summed E-state index contributed by atoms with van der Waals surface area (Å²) in [6.07, 6.45) is 5.43. The van der Waals surface area contributed by atoms with Crippen molar-refractivity contribution in [1.82, 2.24) is 5.32 Å². The van der Waals surface area contributed by atoms with Gasteiger partial charge in [-0.25, -0.2) is 0 Å². The average molecular weight is 177 g/mol. The molecule has 3 N–H and O–H groups in total. The molecule has 0 spiro atoms. The number of nitrogens with two attached hydrogens (primary N) is 1. The molecule has 0 aliphatic carbocycles. The summed E-state index contributed by atoms with van der Waals surface area (Å²) in [7, 11) is 0. The lowest BCUT2D eigenvalue weighted by Crippen LogP contribution is -2.40. The van der Waals surface area contributed by atoms with Gasteiger partial charge in [0, 0.05) is 12.1 Å². The van der Waals surface area contributed by atoms with Gasteiger partial charge in [-0.1, -0.05) is 0 Å². The molecule has 2 fully saturated rings. The van der Waals surface area contributed by atoms with Crippen molar-refractivity contribution >= 4 is 12.4 Å². The van der Waals surface area contributed by atoms with Crippen molar-refractivity contribution in [3.8, 4) is 0 Å². The zero-order chi connectivity index (χ0) is 6.97. The van der Waals surface area contributed by atoms with Gasteiger partial charge in [0.15, 0.2) is 0 Å². The highest BCUT2D eigenvalue weighted by Crippen LogP contribution is 2.29. The second kappa shape index (κ2) is 3.74. The van der Waals surface area contributed by atoms with Crippen LogP contribution in [0.5, 0.6) is 0 Å². The van der Waals surface area contributed by atoms with Gasteiger partial charge in [-0.3, -0.25) is 0 Å². The highest BCUT2D eigenvalue weighted by molar-refractivity contribution is 5.85. The van der Waals surface area contributed by atoms with Crippen molar-refractivity contribution in [2.75, 3.05) is 6.54 Å². The van der Waals surface area contributed by atoms with Gasteiger partial charge in [-0.2, -0.15) is 0 Å². The first kappa shape index (κ1) is 9.30. The molecular formula is C8H17ClN2. The number of hydrogen-bond acceptors (Lipinski definition) is 2. The fraction of sp³-hybridized carbons (Fsp3) is 1.00. The predicted octanol–water partition coefficient (Wildman–Crippen LogP) is 0.897. The molecule has 2 aliphatic rings. The van der Waals surface area contributed by atoms with Crippen molar-refractivity contribution in [3.63, 3.8) is 0 Å². The highest BCUT2D eigenvalue weighted by atomic mass is 35.5. The van der Waals surface area contributed by atoms with Gasteiger partial charge in [0.05, 0.1) is 0 Å². The topological polar surface area (TPSA) is 38.0 Å². The Morgan fingerprint density at radius 3 is 2.18 bits per heavy atom. The van der Waals surface area contributed by atoms with Crippen LogP contribution in [0.25, 0.3) is 0 Å². The number of halogens is 1. The minimum Gasteiger partial charge on any atom is -0.330 e. The Hall–Kier alpha value is 0.210. The number of fused-ring (bicyclic) bond motifs is 2. The summed E-state index contributed by atoms with van der Waals surface area (Å²) in [5.74, 6) is 0.818. The molecule has 0 aromatic rings. The lowest BCUT2D eigenvalue weighted by molar-refractivity contribution is 0.306. The van der Waals surface area contributed by atoms with Gasteiger partial charge in [0.25, 0.3) is 0 Å². The van der Waals surface area contributed by atoms with Crippen LogP contribution in [0.3, 0.4) is 0 Å².